The summed E-state index contributed by atoms with van der Waals surface area (Å²) >= 11 is 0. The maximum Gasteiger partial charge on any atom is 0.389 e. The third kappa shape index (κ3) is 5.86. The van der Waals surface area contributed by atoms with Crippen molar-refractivity contribution in [2.45, 2.75) is 32.7 Å². The van der Waals surface area contributed by atoms with Gasteiger partial charge in [0.1, 0.15) is 0 Å². The number of benzene rings is 1. The van der Waals surface area contributed by atoms with E-state index in [0.29, 0.717) is 0 Å². The second kappa shape index (κ2) is 8.28. The molecule has 0 atom stereocenters. The van der Waals surface area contributed by atoms with Crippen molar-refractivity contribution in [1.82, 2.24) is 0 Å². The van der Waals surface area contributed by atoms with Gasteiger partial charge in [-0.2, -0.15) is 0 Å². The topological polar surface area (TPSA) is 44.5 Å². The van der Waals surface area contributed by atoms with Gasteiger partial charge in [0.25, 0.3) is 0 Å². The highest BCUT2D eigenvalue weighted by Gasteiger charge is 2.16. The van der Waals surface area contributed by atoms with E-state index in [1.807, 2.05) is 24.3 Å². The molecule has 17 heavy (non-hydrogen) atoms. The van der Waals surface area contributed by atoms with Crippen LogP contribution in [0.2, 0.25) is 0 Å². The van der Waals surface area contributed by atoms with Gasteiger partial charge in [-0.1, -0.05) is 26.0 Å². The van der Waals surface area contributed by atoms with Gasteiger partial charge in [0, 0.05) is 24.9 Å². The number of nitrogen functional groups attached to an aromatic ring is 1. The Bertz CT molecular complexity index is 295. The quantitative estimate of drug-likeness (QED) is 0.571. The Balaban J connectivity index is 2.48. The van der Waals surface area contributed by atoms with Crippen LogP contribution in [-0.2, 0) is 14.9 Å². The van der Waals surface area contributed by atoms with Gasteiger partial charge in [-0.05, 0) is 30.5 Å². The van der Waals surface area contributed by atoms with Crippen LogP contribution < -0.4 is 5.73 Å². The number of nitrogens with two attached hydrogens (primary N) is 1. The average Bonchev–Trinajstić information content (AvgIpc) is 2.35. The van der Waals surface area contributed by atoms with Crippen LogP contribution in [0, 0.1) is 0 Å². The number of hydrogen-bond acceptors (Lipinski definition) is 3. The molecule has 0 heterocycles. The van der Waals surface area contributed by atoms with Crippen molar-refractivity contribution in [2.24, 2.45) is 0 Å². The van der Waals surface area contributed by atoms with E-state index < -0.39 is 9.28 Å². The van der Waals surface area contributed by atoms with Crippen LogP contribution in [0.25, 0.3) is 0 Å². The van der Waals surface area contributed by atoms with Crippen LogP contribution in [0.5, 0.6) is 0 Å². The molecule has 0 saturated heterocycles. The van der Waals surface area contributed by atoms with E-state index in [2.05, 4.69) is 13.8 Å². The third-order valence-corrected chi connectivity index (χ3v) is 4.01. The van der Waals surface area contributed by atoms with Crippen molar-refractivity contribution in [2.75, 3.05) is 18.9 Å². The molecule has 0 spiro atoms. The zero-order valence-electron chi connectivity index (χ0n) is 10.7. The summed E-state index contributed by atoms with van der Waals surface area (Å²) in [5, 5.41) is 0. The van der Waals surface area contributed by atoms with Gasteiger partial charge in [-0.15, -0.1) is 0 Å². The summed E-state index contributed by atoms with van der Waals surface area (Å²) in [6.07, 6.45) is 2.07. The van der Waals surface area contributed by atoms with E-state index in [-0.39, 0.29) is 0 Å². The van der Waals surface area contributed by atoms with Crippen molar-refractivity contribution in [3.05, 3.63) is 29.8 Å². The summed E-state index contributed by atoms with van der Waals surface area (Å²) in [6.45, 7) is 5.80. The van der Waals surface area contributed by atoms with E-state index in [9.17, 15) is 0 Å². The summed E-state index contributed by atoms with van der Waals surface area (Å²) < 4.78 is 11.6. The highest BCUT2D eigenvalue weighted by atomic mass is 28.3. The minimum absolute atomic E-state index is 0.785. The van der Waals surface area contributed by atoms with E-state index in [1.54, 1.807) is 0 Å². The summed E-state index contributed by atoms with van der Waals surface area (Å²) in [6, 6.07) is 8.82. The van der Waals surface area contributed by atoms with Gasteiger partial charge in [0.2, 0.25) is 0 Å². The van der Waals surface area contributed by atoms with Gasteiger partial charge in [-0.3, -0.25) is 0 Å². The lowest BCUT2D eigenvalue weighted by atomic mass is 10.2. The molecule has 0 amide bonds. The van der Waals surface area contributed by atoms with Crippen molar-refractivity contribution in [3.8, 4) is 0 Å². The second-order valence-electron chi connectivity index (χ2n) is 3.99. The maximum absolute atomic E-state index is 5.78. The molecule has 0 aliphatic rings. The van der Waals surface area contributed by atoms with Crippen LogP contribution in [0.1, 0.15) is 32.3 Å². The third-order valence-electron chi connectivity index (χ3n) is 2.26. The average molecular weight is 252 g/mol. The summed E-state index contributed by atoms with van der Waals surface area (Å²) in [5.74, 6) is 0. The normalized spacial score (nSPS) is 11.0. The lowest BCUT2D eigenvalue weighted by molar-refractivity contribution is 0.196. The van der Waals surface area contributed by atoms with Gasteiger partial charge < -0.3 is 14.6 Å². The molecule has 0 saturated carbocycles. The summed E-state index contributed by atoms with van der Waals surface area (Å²) in [7, 11) is -1.18. The smallest absolute Gasteiger partial charge is 0.389 e. The van der Waals surface area contributed by atoms with Crippen molar-refractivity contribution in [3.63, 3.8) is 0 Å². The number of rotatable bonds is 8. The molecule has 0 aliphatic heterocycles. The summed E-state index contributed by atoms with van der Waals surface area (Å²) in [5.41, 5.74) is 7.70. The zero-order valence-corrected chi connectivity index (χ0v) is 11.7. The molecule has 1 radical (unpaired) electrons. The molecule has 0 unspecified atom stereocenters. The van der Waals surface area contributed by atoms with Gasteiger partial charge >= 0.3 is 9.28 Å². The van der Waals surface area contributed by atoms with Crippen molar-refractivity contribution in [1.29, 1.82) is 0 Å². The van der Waals surface area contributed by atoms with E-state index in [4.69, 9.17) is 14.6 Å². The minimum atomic E-state index is -1.18. The largest absolute Gasteiger partial charge is 0.399 e. The van der Waals surface area contributed by atoms with E-state index in [1.165, 1.54) is 5.56 Å². The van der Waals surface area contributed by atoms with Gasteiger partial charge in [0.15, 0.2) is 0 Å². The molecule has 1 aromatic rings. The van der Waals surface area contributed by atoms with E-state index in [0.717, 1.165) is 37.8 Å². The van der Waals surface area contributed by atoms with Crippen LogP contribution in [0.3, 0.4) is 0 Å². The standard InChI is InChI=1S/C13H22NO2Si/c1-3-9-15-17(16-10-4-2)11-12-5-7-13(14)8-6-12/h5-8H,3-4,9-11,14H2,1-2H3. The Morgan fingerprint density at radius 2 is 1.53 bits per heavy atom. The number of anilines is 1. The summed E-state index contributed by atoms with van der Waals surface area (Å²) in [4.78, 5) is 0. The fourth-order valence-electron chi connectivity index (χ4n) is 1.38. The SMILES string of the molecule is CCCO[Si](Cc1ccc(N)cc1)OCCC. The predicted molar refractivity (Wildman–Crippen MR) is 72.8 cm³/mol. The molecule has 0 bridgehead atoms. The minimum Gasteiger partial charge on any atom is -0.399 e. The molecule has 1 rings (SSSR count). The Kier molecular flexibility index (Phi) is 6.92. The lowest BCUT2D eigenvalue weighted by Gasteiger charge is -2.14. The van der Waals surface area contributed by atoms with Crippen LogP contribution in [0.4, 0.5) is 5.69 Å². The molecule has 4 heteroatoms. The van der Waals surface area contributed by atoms with Crippen LogP contribution >= 0.6 is 0 Å². The first-order valence-corrected chi connectivity index (χ1v) is 7.74. The second-order valence-corrected chi connectivity index (χ2v) is 5.66. The predicted octanol–water partition coefficient (Wildman–Crippen LogP) is 2.69. The molecular formula is C13H22NO2Si. The van der Waals surface area contributed by atoms with Gasteiger partial charge in [-0.25, -0.2) is 0 Å². The first-order chi connectivity index (χ1) is 8.26. The first kappa shape index (κ1) is 14.2. The Labute approximate surface area is 106 Å². The molecular weight excluding hydrogens is 230 g/mol. The monoisotopic (exact) mass is 252 g/mol. The molecule has 95 valence electrons. The Hall–Kier alpha value is -0.843. The molecule has 3 nitrogen and oxygen atoms in total. The van der Waals surface area contributed by atoms with Crippen LogP contribution in [-0.4, -0.2) is 22.5 Å². The molecule has 2 N–H and O–H groups in total. The Morgan fingerprint density at radius 1 is 1.00 bits per heavy atom. The fraction of sp³-hybridized carbons (Fsp3) is 0.538. The molecule has 0 aliphatic carbocycles. The number of hydrogen-bond donors (Lipinski definition) is 1. The van der Waals surface area contributed by atoms with Crippen molar-refractivity contribution >= 4 is 15.0 Å². The zero-order chi connectivity index (χ0) is 12.5. The Morgan fingerprint density at radius 3 is 2.00 bits per heavy atom. The maximum atomic E-state index is 5.78. The van der Waals surface area contributed by atoms with Gasteiger partial charge in [0.05, 0.1) is 0 Å². The van der Waals surface area contributed by atoms with Crippen LogP contribution in [0.15, 0.2) is 24.3 Å². The molecule has 0 fully saturated rings. The lowest BCUT2D eigenvalue weighted by Crippen LogP contribution is -2.27. The molecule has 1 aromatic carbocycles. The highest BCUT2D eigenvalue weighted by Crippen LogP contribution is 2.09. The fourth-order valence-corrected chi connectivity index (χ4v) is 3.10. The highest BCUT2D eigenvalue weighted by molar-refractivity contribution is 6.43. The molecule has 0 aromatic heterocycles. The van der Waals surface area contributed by atoms with E-state index >= 15 is 0 Å². The first-order valence-electron chi connectivity index (χ1n) is 6.22. The van der Waals surface area contributed by atoms with Crippen molar-refractivity contribution < 1.29 is 8.85 Å².